The lowest BCUT2D eigenvalue weighted by Crippen LogP contribution is -1.81. The molecule has 0 saturated heterocycles. The van der Waals surface area contributed by atoms with Crippen molar-refractivity contribution in [3.05, 3.63) is 134 Å². The van der Waals surface area contributed by atoms with Crippen LogP contribution in [0.1, 0.15) is 0 Å². The molecule has 0 spiro atoms. The van der Waals surface area contributed by atoms with Crippen molar-refractivity contribution in [2.45, 2.75) is 0 Å². The van der Waals surface area contributed by atoms with Crippen molar-refractivity contribution in [3.8, 4) is 44.5 Å². The average molecular weight is 547 g/mol. The summed E-state index contributed by atoms with van der Waals surface area (Å²) in [6.07, 6.45) is 7.36. The molecule has 4 aromatic carbocycles. The Morgan fingerprint density at radius 1 is 0.325 bits per heavy atom. The first-order valence-corrected chi connectivity index (χ1v) is 14.8. The standard InChI is InChI=1S/C36H22N2S2/c1-5-25(6-2-23(1)27-13-17-37-18-14-27)29-9-11-31-33(21-29)39-36-32-12-10-30(22-34(32)40-35(31)36)26-7-3-24(4-8-26)28-15-19-38-20-16-28/h1-22H. The maximum absolute atomic E-state index is 4.13. The van der Waals surface area contributed by atoms with E-state index < -0.39 is 0 Å². The van der Waals surface area contributed by atoms with Crippen molar-refractivity contribution >= 4 is 52.2 Å². The summed E-state index contributed by atoms with van der Waals surface area (Å²) in [5, 5.41) is 2.70. The van der Waals surface area contributed by atoms with Gasteiger partial charge >= 0.3 is 0 Å². The van der Waals surface area contributed by atoms with Crippen LogP contribution in [0.4, 0.5) is 0 Å². The Hall–Kier alpha value is -4.64. The Balaban J connectivity index is 1.12. The maximum Gasteiger partial charge on any atom is 0.0542 e. The van der Waals surface area contributed by atoms with Gasteiger partial charge in [0.15, 0.2) is 0 Å². The molecule has 0 N–H and O–H groups in total. The van der Waals surface area contributed by atoms with Crippen LogP contribution in [-0.2, 0) is 0 Å². The molecule has 188 valence electrons. The quantitative estimate of drug-likeness (QED) is 0.219. The van der Waals surface area contributed by atoms with Crippen molar-refractivity contribution in [2.75, 3.05) is 0 Å². The largest absolute Gasteiger partial charge is 0.265 e. The second-order valence-corrected chi connectivity index (χ2v) is 12.0. The van der Waals surface area contributed by atoms with Crippen LogP contribution >= 0.6 is 22.7 Å². The SMILES string of the molecule is c1cc(-c2ccc(-c3ccc4c(c3)sc3c5ccc(-c6ccc(-c7ccncc7)cc6)cc5sc43)cc2)ccn1. The molecule has 4 heteroatoms. The van der Waals surface area contributed by atoms with Crippen molar-refractivity contribution in [2.24, 2.45) is 0 Å². The number of aromatic nitrogens is 2. The number of fused-ring (bicyclic) bond motifs is 5. The molecule has 0 atom stereocenters. The molecule has 0 fully saturated rings. The van der Waals surface area contributed by atoms with E-state index in [2.05, 4.69) is 94.9 Å². The third-order valence-electron chi connectivity index (χ3n) is 7.55. The van der Waals surface area contributed by atoms with Gasteiger partial charge < -0.3 is 0 Å². The second-order valence-electron chi connectivity index (χ2n) is 9.91. The van der Waals surface area contributed by atoms with E-state index in [1.54, 1.807) is 0 Å². The van der Waals surface area contributed by atoms with Crippen LogP contribution in [-0.4, -0.2) is 9.97 Å². The highest BCUT2D eigenvalue weighted by Crippen LogP contribution is 2.46. The molecule has 8 aromatic rings. The Kier molecular flexibility index (Phi) is 5.54. The third kappa shape index (κ3) is 4.01. The zero-order valence-electron chi connectivity index (χ0n) is 21.4. The van der Waals surface area contributed by atoms with Crippen molar-refractivity contribution in [3.63, 3.8) is 0 Å². The van der Waals surface area contributed by atoms with Crippen molar-refractivity contribution < 1.29 is 0 Å². The molecule has 0 unspecified atom stereocenters. The number of pyridine rings is 2. The van der Waals surface area contributed by atoms with Crippen LogP contribution in [0, 0.1) is 0 Å². The normalized spacial score (nSPS) is 11.5. The summed E-state index contributed by atoms with van der Waals surface area (Å²) in [5.41, 5.74) is 9.77. The highest BCUT2D eigenvalue weighted by molar-refractivity contribution is 7.36. The Labute approximate surface area is 239 Å². The number of thiophene rings is 2. The molecule has 2 nitrogen and oxygen atoms in total. The van der Waals surface area contributed by atoms with Gasteiger partial charge in [-0.2, -0.15) is 0 Å². The second kappa shape index (κ2) is 9.53. The summed E-state index contributed by atoms with van der Waals surface area (Å²) in [5.74, 6) is 0. The van der Waals surface area contributed by atoms with Gasteiger partial charge in [0.2, 0.25) is 0 Å². The number of nitrogens with zero attached hydrogens (tertiary/aromatic N) is 2. The third-order valence-corrected chi connectivity index (χ3v) is 10.0. The molecule has 0 bridgehead atoms. The number of hydrogen-bond donors (Lipinski definition) is 0. The minimum Gasteiger partial charge on any atom is -0.265 e. The van der Waals surface area contributed by atoms with Crippen LogP contribution in [0.15, 0.2) is 134 Å². The fourth-order valence-electron chi connectivity index (χ4n) is 5.41. The summed E-state index contributed by atoms with van der Waals surface area (Å²) in [6.45, 7) is 0. The van der Waals surface area contributed by atoms with Gasteiger partial charge in [-0.1, -0.05) is 72.8 Å². The van der Waals surface area contributed by atoms with Crippen LogP contribution in [0.25, 0.3) is 74.1 Å². The van der Waals surface area contributed by atoms with Crippen LogP contribution in [0.3, 0.4) is 0 Å². The Bertz CT molecular complexity index is 1970. The fraction of sp³-hybridized carbons (Fsp3) is 0. The number of hydrogen-bond acceptors (Lipinski definition) is 4. The van der Waals surface area contributed by atoms with E-state index in [9.17, 15) is 0 Å². The van der Waals surface area contributed by atoms with Gasteiger partial charge in [-0.15, -0.1) is 22.7 Å². The van der Waals surface area contributed by atoms with E-state index >= 15 is 0 Å². The van der Waals surface area contributed by atoms with E-state index in [1.165, 1.54) is 74.1 Å². The average Bonchev–Trinajstić information content (AvgIpc) is 3.57. The Morgan fingerprint density at radius 3 is 1.00 bits per heavy atom. The number of benzene rings is 4. The van der Waals surface area contributed by atoms with E-state index in [0.29, 0.717) is 0 Å². The zero-order chi connectivity index (χ0) is 26.5. The van der Waals surface area contributed by atoms with E-state index in [-0.39, 0.29) is 0 Å². The smallest absolute Gasteiger partial charge is 0.0542 e. The zero-order valence-corrected chi connectivity index (χ0v) is 23.0. The van der Waals surface area contributed by atoms with Crippen LogP contribution in [0.5, 0.6) is 0 Å². The molecular formula is C36H22N2S2. The first-order valence-electron chi connectivity index (χ1n) is 13.2. The van der Waals surface area contributed by atoms with E-state index in [4.69, 9.17) is 0 Å². The first kappa shape index (κ1) is 23.3. The molecule has 0 aliphatic carbocycles. The van der Waals surface area contributed by atoms with Crippen molar-refractivity contribution in [1.29, 1.82) is 0 Å². The molecular weight excluding hydrogens is 525 g/mol. The molecule has 0 radical (unpaired) electrons. The summed E-state index contributed by atoms with van der Waals surface area (Å²) in [6, 6.07) is 39.6. The fourth-order valence-corrected chi connectivity index (χ4v) is 8.15. The molecule has 4 heterocycles. The topological polar surface area (TPSA) is 25.8 Å². The van der Waals surface area contributed by atoms with Crippen molar-refractivity contribution in [1.82, 2.24) is 9.97 Å². The van der Waals surface area contributed by atoms with E-state index in [0.717, 1.165) is 0 Å². The Morgan fingerprint density at radius 2 is 0.625 bits per heavy atom. The summed E-state index contributed by atoms with van der Waals surface area (Å²) >= 11 is 3.81. The molecule has 0 saturated carbocycles. The lowest BCUT2D eigenvalue weighted by Gasteiger charge is -2.05. The highest BCUT2D eigenvalue weighted by Gasteiger charge is 2.14. The van der Waals surface area contributed by atoms with Gasteiger partial charge in [0.1, 0.15) is 0 Å². The van der Waals surface area contributed by atoms with Gasteiger partial charge in [-0.25, -0.2) is 0 Å². The van der Waals surface area contributed by atoms with Gasteiger partial charge in [-0.05, 0) is 80.9 Å². The summed E-state index contributed by atoms with van der Waals surface area (Å²) in [7, 11) is 0. The lowest BCUT2D eigenvalue weighted by atomic mass is 10.0. The maximum atomic E-state index is 4.13. The van der Waals surface area contributed by atoms with Gasteiger partial charge in [0, 0.05) is 45.0 Å². The van der Waals surface area contributed by atoms with Gasteiger partial charge in [0.25, 0.3) is 0 Å². The predicted molar refractivity (Wildman–Crippen MR) is 172 cm³/mol. The molecule has 4 aromatic heterocycles. The molecule has 0 aliphatic rings. The van der Waals surface area contributed by atoms with Gasteiger partial charge in [-0.3, -0.25) is 9.97 Å². The number of rotatable bonds is 4. The molecule has 0 amide bonds. The lowest BCUT2D eigenvalue weighted by molar-refractivity contribution is 1.33. The molecule has 0 aliphatic heterocycles. The van der Waals surface area contributed by atoms with Crippen LogP contribution < -0.4 is 0 Å². The first-order chi connectivity index (χ1) is 19.8. The molecule has 8 rings (SSSR count). The summed E-state index contributed by atoms with van der Waals surface area (Å²) in [4.78, 5) is 8.26. The summed E-state index contributed by atoms with van der Waals surface area (Å²) < 4.78 is 5.46. The molecule has 40 heavy (non-hydrogen) atoms. The van der Waals surface area contributed by atoms with Gasteiger partial charge in [0.05, 0.1) is 9.40 Å². The monoisotopic (exact) mass is 546 g/mol. The minimum absolute atomic E-state index is 1.19. The van der Waals surface area contributed by atoms with E-state index in [1.807, 2.05) is 71.7 Å². The predicted octanol–water partition coefficient (Wildman–Crippen LogP) is 10.7. The highest BCUT2D eigenvalue weighted by atomic mass is 32.1. The van der Waals surface area contributed by atoms with Crippen LogP contribution in [0.2, 0.25) is 0 Å². The minimum atomic E-state index is 1.19.